The van der Waals surface area contributed by atoms with Gasteiger partial charge in [-0.15, -0.1) is 0 Å². The number of carbonyl (C=O) groups is 2. The predicted octanol–water partition coefficient (Wildman–Crippen LogP) is 3.34. The Kier molecular flexibility index (Phi) is 5.78. The minimum atomic E-state index is -4.65. The smallest absolute Gasteiger partial charge is 0.366 e. The third-order valence-corrected chi connectivity index (χ3v) is 4.90. The number of carbonyl (C=O) groups excluding carboxylic acids is 2. The van der Waals surface area contributed by atoms with E-state index in [0.717, 1.165) is 23.7 Å². The molecule has 0 aliphatic heterocycles. The minimum absolute atomic E-state index is 0.0142. The molecule has 0 saturated carbocycles. The number of nitrogens with zero attached hydrogens (tertiary/aromatic N) is 3. The SMILES string of the molecule is Cc1nsc(Cc2cncc(C(F)(F)F)n2)c1C(=O)Nc1ccc(F)c(C(N)=O)c1. The standard InChI is InChI=1S/C18H13F4N5O2S/c1-8-15(17(29)26-9-2-3-12(19)11(4-9)16(23)28)13(30-27-8)5-10-6-24-7-14(25-10)18(20,21)22/h2-4,6-7H,5H2,1H3,(H2,23,28)(H,26,29). The molecule has 2 aromatic heterocycles. The molecule has 3 aromatic rings. The number of halogens is 4. The van der Waals surface area contributed by atoms with Crippen molar-refractivity contribution in [2.45, 2.75) is 19.5 Å². The van der Waals surface area contributed by atoms with Crippen LogP contribution < -0.4 is 11.1 Å². The zero-order chi connectivity index (χ0) is 22.1. The van der Waals surface area contributed by atoms with E-state index in [1.165, 1.54) is 12.3 Å². The molecule has 2 amide bonds. The highest BCUT2D eigenvalue weighted by Gasteiger charge is 2.33. The fraction of sp³-hybridized carbons (Fsp3) is 0.167. The van der Waals surface area contributed by atoms with E-state index >= 15 is 0 Å². The van der Waals surface area contributed by atoms with Crippen LogP contribution in [-0.4, -0.2) is 26.2 Å². The lowest BCUT2D eigenvalue weighted by molar-refractivity contribution is -0.141. The van der Waals surface area contributed by atoms with Crippen LogP contribution in [0.3, 0.4) is 0 Å². The Morgan fingerprint density at radius 1 is 1.23 bits per heavy atom. The number of primary amides is 1. The summed E-state index contributed by atoms with van der Waals surface area (Å²) < 4.78 is 56.2. The first kappa shape index (κ1) is 21.3. The second kappa shape index (κ2) is 8.14. The van der Waals surface area contributed by atoms with Crippen molar-refractivity contribution in [3.8, 4) is 0 Å². The summed E-state index contributed by atoms with van der Waals surface area (Å²) in [6.07, 6.45) is -2.96. The Hall–Kier alpha value is -3.41. The maximum absolute atomic E-state index is 13.6. The normalized spacial score (nSPS) is 11.4. The highest BCUT2D eigenvalue weighted by atomic mass is 32.1. The van der Waals surface area contributed by atoms with Crippen molar-refractivity contribution >= 4 is 29.0 Å². The number of amides is 2. The highest BCUT2D eigenvalue weighted by Crippen LogP contribution is 2.28. The Balaban J connectivity index is 1.87. The molecule has 0 fully saturated rings. The zero-order valence-electron chi connectivity index (χ0n) is 15.2. The van der Waals surface area contributed by atoms with Gasteiger partial charge in [0.05, 0.1) is 28.7 Å². The molecule has 3 rings (SSSR count). The summed E-state index contributed by atoms with van der Waals surface area (Å²) >= 11 is 0.940. The van der Waals surface area contributed by atoms with E-state index in [9.17, 15) is 27.2 Å². The fourth-order valence-corrected chi connectivity index (χ4v) is 3.49. The first-order valence-corrected chi connectivity index (χ1v) is 9.07. The van der Waals surface area contributed by atoms with Crippen molar-refractivity contribution in [1.29, 1.82) is 0 Å². The fourth-order valence-electron chi connectivity index (χ4n) is 2.61. The number of alkyl halides is 3. The van der Waals surface area contributed by atoms with Crippen LogP contribution in [0.1, 0.15) is 42.7 Å². The van der Waals surface area contributed by atoms with Crippen LogP contribution in [-0.2, 0) is 12.6 Å². The molecule has 0 atom stereocenters. The lowest BCUT2D eigenvalue weighted by Crippen LogP contribution is -2.17. The van der Waals surface area contributed by atoms with Crippen molar-refractivity contribution in [2.75, 3.05) is 5.32 Å². The van der Waals surface area contributed by atoms with Crippen LogP contribution in [0, 0.1) is 12.7 Å². The van der Waals surface area contributed by atoms with E-state index < -0.39 is 35.1 Å². The summed E-state index contributed by atoms with van der Waals surface area (Å²) in [6, 6.07) is 3.31. The first-order chi connectivity index (χ1) is 14.1. The van der Waals surface area contributed by atoms with Crippen molar-refractivity contribution in [3.63, 3.8) is 0 Å². The Bertz CT molecular complexity index is 1130. The molecule has 7 nitrogen and oxygen atoms in total. The van der Waals surface area contributed by atoms with Crippen molar-refractivity contribution in [1.82, 2.24) is 14.3 Å². The summed E-state index contributed by atoms with van der Waals surface area (Å²) in [5.74, 6) is -2.46. The van der Waals surface area contributed by atoms with Crippen LogP contribution in [0.5, 0.6) is 0 Å². The summed E-state index contributed by atoms with van der Waals surface area (Å²) in [7, 11) is 0. The molecule has 12 heteroatoms. The maximum Gasteiger partial charge on any atom is 0.434 e. The van der Waals surface area contributed by atoms with Gasteiger partial charge in [-0.1, -0.05) is 0 Å². The van der Waals surface area contributed by atoms with E-state index in [1.54, 1.807) is 6.92 Å². The molecule has 0 spiro atoms. The van der Waals surface area contributed by atoms with Crippen molar-refractivity contribution < 1.29 is 27.2 Å². The van der Waals surface area contributed by atoms with Gasteiger partial charge in [0.15, 0.2) is 5.69 Å². The third kappa shape index (κ3) is 4.59. The van der Waals surface area contributed by atoms with Gasteiger partial charge in [0.1, 0.15) is 5.82 Å². The summed E-state index contributed by atoms with van der Waals surface area (Å²) in [6.45, 7) is 1.56. The van der Waals surface area contributed by atoms with Gasteiger partial charge in [-0.25, -0.2) is 9.37 Å². The van der Waals surface area contributed by atoms with Gasteiger partial charge in [-0.05, 0) is 36.7 Å². The average molecular weight is 439 g/mol. The topological polar surface area (TPSA) is 111 Å². The lowest BCUT2D eigenvalue weighted by Gasteiger charge is -2.09. The van der Waals surface area contributed by atoms with Crippen LogP contribution in [0.15, 0.2) is 30.6 Å². The number of nitrogens with two attached hydrogens (primary N) is 1. The van der Waals surface area contributed by atoms with Crippen LogP contribution >= 0.6 is 11.5 Å². The minimum Gasteiger partial charge on any atom is -0.366 e. The van der Waals surface area contributed by atoms with Gasteiger partial charge in [0, 0.05) is 23.2 Å². The third-order valence-electron chi connectivity index (χ3n) is 3.97. The summed E-state index contributed by atoms with van der Waals surface area (Å²) in [4.78, 5) is 31.5. The molecule has 2 heterocycles. The zero-order valence-corrected chi connectivity index (χ0v) is 16.1. The maximum atomic E-state index is 13.6. The summed E-state index contributed by atoms with van der Waals surface area (Å²) in [5.41, 5.74) is 4.18. The molecule has 30 heavy (non-hydrogen) atoms. The van der Waals surface area contributed by atoms with Crippen LogP contribution in [0.2, 0.25) is 0 Å². The Morgan fingerprint density at radius 2 is 1.97 bits per heavy atom. The van der Waals surface area contributed by atoms with E-state index in [-0.39, 0.29) is 23.4 Å². The van der Waals surface area contributed by atoms with Crippen molar-refractivity contribution in [3.05, 3.63) is 69.5 Å². The van der Waals surface area contributed by atoms with Gasteiger partial charge >= 0.3 is 6.18 Å². The van der Waals surface area contributed by atoms with E-state index in [2.05, 4.69) is 19.7 Å². The number of anilines is 1. The monoisotopic (exact) mass is 439 g/mol. The number of hydrogen-bond donors (Lipinski definition) is 2. The van der Waals surface area contributed by atoms with E-state index in [1.807, 2.05) is 0 Å². The second-order valence-corrected chi connectivity index (χ2v) is 7.01. The first-order valence-electron chi connectivity index (χ1n) is 8.30. The predicted molar refractivity (Wildman–Crippen MR) is 99.6 cm³/mol. The second-order valence-electron chi connectivity index (χ2n) is 6.15. The number of benzene rings is 1. The molecule has 0 saturated heterocycles. The lowest BCUT2D eigenvalue weighted by atomic mass is 10.1. The quantitative estimate of drug-likeness (QED) is 0.593. The average Bonchev–Trinajstić information content (AvgIpc) is 3.03. The van der Waals surface area contributed by atoms with Crippen LogP contribution in [0.4, 0.5) is 23.2 Å². The molecule has 0 unspecified atom stereocenters. The van der Waals surface area contributed by atoms with E-state index in [4.69, 9.17) is 5.73 Å². The molecule has 0 radical (unpaired) electrons. The number of nitrogens with one attached hydrogen (secondary N) is 1. The number of rotatable bonds is 5. The largest absolute Gasteiger partial charge is 0.434 e. The molecule has 0 aliphatic carbocycles. The number of hydrogen-bond acceptors (Lipinski definition) is 6. The molecule has 1 aromatic carbocycles. The van der Waals surface area contributed by atoms with Gasteiger partial charge in [0.2, 0.25) is 0 Å². The number of aromatic nitrogens is 3. The molecule has 156 valence electrons. The molecule has 3 N–H and O–H groups in total. The Morgan fingerprint density at radius 3 is 2.63 bits per heavy atom. The van der Waals surface area contributed by atoms with Crippen molar-refractivity contribution in [2.24, 2.45) is 5.73 Å². The van der Waals surface area contributed by atoms with Gasteiger partial charge in [-0.2, -0.15) is 17.5 Å². The molecule has 0 bridgehead atoms. The van der Waals surface area contributed by atoms with Gasteiger partial charge < -0.3 is 11.1 Å². The van der Waals surface area contributed by atoms with Gasteiger partial charge in [0.25, 0.3) is 11.8 Å². The molecule has 0 aliphatic rings. The van der Waals surface area contributed by atoms with Gasteiger partial charge in [-0.3, -0.25) is 14.6 Å². The van der Waals surface area contributed by atoms with Crippen LogP contribution in [0.25, 0.3) is 0 Å². The number of aryl methyl sites for hydroxylation is 1. The molecular formula is C18H13F4N5O2S. The van der Waals surface area contributed by atoms with E-state index in [0.29, 0.717) is 16.8 Å². The highest BCUT2D eigenvalue weighted by molar-refractivity contribution is 7.06. The molecular weight excluding hydrogens is 426 g/mol. The Labute approximate surface area is 171 Å². The summed E-state index contributed by atoms with van der Waals surface area (Å²) in [5, 5.41) is 2.51.